The lowest BCUT2D eigenvalue weighted by atomic mass is 9.99. The molecule has 6 heteroatoms. The van der Waals surface area contributed by atoms with E-state index in [1.807, 2.05) is 42.5 Å². The van der Waals surface area contributed by atoms with Crippen LogP contribution < -0.4 is 15.0 Å². The Morgan fingerprint density at radius 3 is 2.31 bits per heavy atom. The normalized spacial score (nSPS) is 14.4. The van der Waals surface area contributed by atoms with Crippen LogP contribution in [0.2, 0.25) is 0 Å². The van der Waals surface area contributed by atoms with Crippen LogP contribution in [0.5, 0.6) is 11.5 Å². The molecule has 1 N–H and O–H groups in total. The van der Waals surface area contributed by atoms with E-state index >= 15 is 0 Å². The molecule has 1 fully saturated rings. The van der Waals surface area contributed by atoms with Gasteiger partial charge in [0.05, 0.1) is 12.4 Å². The summed E-state index contributed by atoms with van der Waals surface area (Å²) < 4.78 is 5.76. The van der Waals surface area contributed by atoms with Gasteiger partial charge in [0.2, 0.25) is 0 Å². The van der Waals surface area contributed by atoms with Crippen LogP contribution in [0.15, 0.2) is 67.0 Å². The predicted molar refractivity (Wildman–Crippen MR) is 114 cm³/mol. The average molecular weight is 388 g/mol. The number of anilines is 2. The van der Waals surface area contributed by atoms with Crippen LogP contribution in [-0.4, -0.2) is 29.0 Å². The molecule has 0 unspecified atom stereocenters. The first-order chi connectivity index (χ1) is 14.2. The van der Waals surface area contributed by atoms with Crippen molar-refractivity contribution in [2.75, 3.05) is 23.3 Å². The van der Waals surface area contributed by atoms with E-state index in [1.165, 1.54) is 6.20 Å². The molecule has 1 saturated heterocycles. The highest BCUT2D eigenvalue weighted by molar-refractivity contribution is 6.02. The van der Waals surface area contributed by atoms with E-state index in [0.29, 0.717) is 17.1 Å². The predicted octanol–water partition coefficient (Wildman–Crippen LogP) is 4.76. The van der Waals surface area contributed by atoms with Gasteiger partial charge in [-0.25, -0.2) is 9.97 Å². The van der Waals surface area contributed by atoms with Crippen LogP contribution in [0.25, 0.3) is 0 Å². The number of hydrogen-bond donors (Lipinski definition) is 1. The number of aromatic nitrogens is 2. The Bertz CT molecular complexity index is 935. The zero-order valence-electron chi connectivity index (χ0n) is 16.4. The van der Waals surface area contributed by atoms with E-state index in [9.17, 15) is 4.79 Å². The van der Waals surface area contributed by atoms with Gasteiger partial charge in [0.15, 0.2) is 0 Å². The van der Waals surface area contributed by atoms with Crippen molar-refractivity contribution in [3.05, 3.63) is 72.7 Å². The van der Waals surface area contributed by atoms with E-state index in [4.69, 9.17) is 4.74 Å². The van der Waals surface area contributed by atoms with Gasteiger partial charge >= 0.3 is 0 Å². The van der Waals surface area contributed by atoms with Crippen molar-refractivity contribution in [1.29, 1.82) is 0 Å². The van der Waals surface area contributed by atoms with E-state index in [1.54, 1.807) is 18.3 Å². The Hall–Kier alpha value is -3.41. The summed E-state index contributed by atoms with van der Waals surface area (Å²) in [6.45, 7) is 4.24. The van der Waals surface area contributed by atoms with Crippen LogP contribution in [0.4, 0.5) is 11.5 Å². The van der Waals surface area contributed by atoms with Gasteiger partial charge in [0.25, 0.3) is 5.91 Å². The van der Waals surface area contributed by atoms with Crippen molar-refractivity contribution < 1.29 is 9.53 Å². The number of para-hydroxylation sites is 1. The molecule has 1 aromatic heterocycles. The van der Waals surface area contributed by atoms with Gasteiger partial charge in [-0.2, -0.15) is 0 Å². The lowest BCUT2D eigenvalue weighted by Gasteiger charge is -2.30. The summed E-state index contributed by atoms with van der Waals surface area (Å²) in [4.78, 5) is 23.4. The maximum atomic E-state index is 12.5. The van der Waals surface area contributed by atoms with Crippen LogP contribution in [-0.2, 0) is 0 Å². The Morgan fingerprint density at radius 2 is 1.66 bits per heavy atom. The van der Waals surface area contributed by atoms with Gasteiger partial charge in [-0.3, -0.25) is 4.79 Å². The van der Waals surface area contributed by atoms with Crippen LogP contribution in [0, 0.1) is 5.92 Å². The molecule has 3 aromatic rings. The second kappa shape index (κ2) is 8.73. The molecule has 0 radical (unpaired) electrons. The molecule has 4 rings (SSSR count). The first-order valence-corrected chi connectivity index (χ1v) is 9.89. The van der Waals surface area contributed by atoms with Crippen molar-refractivity contribution in [2.24, 2.45) is 5.92 Å². The summed E-state index contributed by atoms with van der Waals surface area (Å²) in [6, 6.07) is 16.8. The molecule has 0 spiro atoms. The molecule has 1 aliphatic heterocycles. The van der Waals surface area contributed by atoms with E-state index in [-0.39, 0.29) is 5.91 Å². The minimum absolute atomic E-state index is 0.284. The first kappa shape index (κ1) is 18.9. The molecule has 1 amide bonds. The second-order valence-electron chi connectivity index (χ2n) is 7.32. The van der Waals surface area contributed by atoms with Crippen molar-refractivity contribution in [2.45, 2.75) is 19.8 Å². The number of nitrogens with one attached hydrogen (secondary N) is 1. The fraction of sp³-hybridized carbons (Fsp3) is 0.261. The highest BCUT2D eigenvalue weighted by Crippen LogP contribution is 2.23. The Balaban J connectivity index is 1.35. The highest BCUT2D eigenvalue weighted by Gasteiger charge is 2.18. The zero-order chi connectivity index (χ0) is 20.1. The third-order valence-corrected chi connectivity index (χ3v) is 5.07. The molecular weight excluding hydrogens is 364 g/mol. The Morgan fingerprint density at radius 1 is 0.966 bits per heavy atom. The minimum Gasteiger partial charge on any atom is -0.457 e. The highest BCUT2D eigenvalue weighted by atomic mass is 16.5. The van der Waals surface area contributed by atoms with Gasteiger partial charge in [-0.15, -0.1) is 0 Å². The summed E-state index contributed by atoms with van der Waals surface area (Å²) in [5.74, 6) is 2.77. The number of ether oxygens (including phenoxy) is 1. The number of rotatable bonds is 5. The molecule has 148 valence electrons. The van der Waals surface area contributed by atoms with Gasteiger partial charge in [0.1, 0.15) is 23.0 Å². The summed E-state index contributed by atoms with van der Waals surface area (Å²) in [7, 11) is 0. The monoisotopic (exact) mass is 388 g/mol. The maximum absolute atomic E-state index is 12.5. The second-order valence-corrected chi connectivity index (χ2v) is 7.32. The van der Waals surface area contributed by atoms with Gasteiger partial charge in [-0.1, -0.05) is 25.1 Å². The number of amides is 1. The standard InChI is InChI=1S/C23H24N4O2/c1-17-11-13-27(14-12-17)22-16-24-21(15-25-22)23(28)26-18-7-9-20(10-8-18)29-19-5-3-2-4-6-19/h2-10,15-17H,11-14H2,1H3,(H,26,28). The summed E-state index contributed by atoms with van der Waals surface area (Å²) >= 11 is 0. The van der Waals surface area contributed by atoms with Crippen molar-refractivity contribution >= 4 is 17.4 Å². The van der Waals surface area contributed by atoms with Crippen molar-refractivity contribution in [1.82, 2.24) is 9.97 Å². The number of benzene rings is 2. The molecule has 0 saturated carbocycles. The molecule has 1 aliphatic rings. The smallest absolute Gasteiger partial charge is 0.275 e. The lowest BCUT2D eigenvalue weighted by molar-refractivity contribution is 0.102. The lowest BCUT2D eigenvalue weighted by Crippen LogP contribution is -2.33. The topological polar surface area (TPSA) is 67.4 Å². The molecule has 2 heterocycles. The van der Waals surface area contributed by atoms with Crippen molar-refractivity contribution in [3.8, 4) is 11.5 Å². The maximum Gasteiger partial charge on any atom is 0.275 e. The Kier molecular flexibility index (Phi) is 5.70. The third-order valence-electron chi connectivity index (χ3n) is 5.07. The summed E-state index contributed by atoms with van der Waals surface area (Å²) in [6.07, 6.45) is 5.54. The van der Waals surface area contributed by atoms with Crippen LogP contribution in [0.3, 0.4) is 0 Å². The largest absolute Gasteiger partial charge is 0.457 e. The Labute approximate surface area is 170 Å². The van der Waals surface area contributed by atoms with Crippen molar-refractivity contribution in [3.63, 3.8) is 0 Å². The summed E-state index contributed by atoms with van der Waals surface area (Å²) in [5, 5.41) is 2.84. The fourth-order valence-electron chi connectivity index (χ4n) is 3.27. The molecular formula is C23H24N4O2. The minimum atomic E-state index is -0.284. The molecule has 6 nitrogen and oxygen atoms in total. The number of nitrogens with zero attached hydrogens (tertiary/aromatic N) is 3. The van der Waals surface area contributed by atoms with Gasteiger partial charge in [0, 0.05) is 18.8 Å². The fourth-order valence-corrected chi connectivity index (χ4v) is 3.27. The quantitative estimate of drug-likeness (QED) is 0.683. The molecule has 0 aliphatic carbocycles. The van der Waals surface area contributed by atoms with Gasteiger partial charge < -0.3 is 15.0 Å². The first-order valence-electron chi connectivity index (χ1n) is 9.89. The SMILES string of the molecule is CC1CCN(c2cnc(C(=O)Nc3ccc(Oc4ccccc4)cc3)cn2)CC1. The van der Waals surface area contributed by atoms with E-state index in [2.05, 4.69) is 27.1 Å². The molecule has 0 bridgehead atoms. The summed E-state index contributed by atoms with van der Waals surface area (Å²) in [5.41, 5.74) is 0.968. The molecule has 0 atom stereocenters. The zero-order valence-corrected chi connectivity index (χ0v) is 16.4. The number of hydrogen-bond acceptors (Lipinski definition) is 5. The molecule has 2 aromatic carbocycles. The van der Waals surface area contributed by atoms with Crippen LogP contribution in [0.1, 0.15) is 30.3 Å². The molecule has 29 heavy (non-hydrogen) atoms. The van der Waals surface area contributed by atoms with Crippen LogP contribution >= 0.6 is 0 Å². The number of carbonyl (C=O) groups excluding carboxylic acids is 1. The number of piperidine rings is 1. The van der Waals surface area contributed by atoms with E-state index in [0.717, 1.165) is 43.4 Å². The van der Waals surface area contributed by atoms with E-state index < -0.39 is 0 Å². The average Bonchev–Trinajstić information content (AvgIpc) is 2.76. The third kappa shape index (κ3) is 4.90. The number of carbonyl (C=O) groups is 1. The van der Waals surface area contributed by atoms with Gasteiger partial charge in [-0.05, 0) is 55.2 Å².